The predicted molar refractivity (Wildman–Crippen MR) is 80.5 cm³/mol. The van der Waals surface area contributed by atoms with Crippen LogP contribution in [0.4, 0.5) is 10.1 Å². The van der Waals surface area contributed by atoms with E-state index in [4.69, 9.17) is 0 Å². The number of hydrogen-bond acceptors (Lipinski definition) is 3. The number of anilines is 1. The van der Waals surface area contributed by atoms with Crippen LogP contribution in [0, 0.1) is 11.7 Å². The Balaban J connectivity index is 1.70. The van der Waals surface area contributed by atoms with Crippen LogP contribution in [0.25, 0.3) is 0 Å². The van der Waals surface area contributed by atoms with Gasteiger partial charge in [0.05, 0.1) is 6.10 Å². The summed E-state index contributed by atoms with van der Waals surface area (Å²) in [5.74, 6) is -0.126. The van der Waals surface area contributed by atoms with Crippen molar-refractivity contribution in [2.75, 3.05) is 11.9 Å². The normalized spacial score (nSPS) is 23.0. The van der Waals surface area contributed by atoms with Crippen LogP contribution in [0.2, 0.25) is 0 Å². The summed E-state index contributed by atoms with van der Waals surface area (Å²) in [7, 11) is 0. The van der Waals surface area contributed by atoms with Crippen LogP contribution < -0.4 is 10.6 Å². The molecule has 0 spiro atoms. The molecule has 4 nitrogen and oxygen atoms in total. The molecular weight excluding hydrogens is 271 g/mol. The molecule has 0 saturated heterocycles. The fourth-order valence-corrected chi connectivity index (χ4v) is 2.70. The first-order valence-electron chi connectivity index (χ1n) is 7.51. The third kappa shape index (κ3) is 5.10. The minimum Gasteiger partial charge on any atom is -0.393 e. The molecule has 0 radical (unpaired) electrons. The first-order chi connectivity index (χ1) is 10.0. The van der Waals surface area contributed by atoms with E-state index < -0.39 is 0 Å². The van der Waals surface area contributed by atoms with Crippen LogP contribution in [0.15, 0.2) is 24.3 Å². The van der Waals surface area contributed by atoms with E-state index in [0.717, 1.165) is 25.8 Å². The Morgan fingerprint density at radius 1 is 1.38 bits per heavy atom. The van der Waals surface area contributed by atoms with Gasteiger partial charge in [-0.2, -0.15) is 0 Å². The van der Waals surface area contributed by atoms with Gasteiger partial charge in [-0.15, -0.1) is 0 Å². The molecule has 1 aliphatic carbocycles. The van der Waals surface area contributed by atoms with Crippen molar-refractivity contribution in [3.05, 3.63) is 30.1 Å². The van der Waals surface area contributed by atoms with E-state index in [1.807, 2.05) is 6.92 Å². The van der Waals surface area contributed by atoms with Crippen LogP contribution in [0.3, 0.4) is 0 Å². The van der Waals surface area contributed by atoms with Gasteiger partial charge in [-0.05, 0) is 49.9 Å². The van der Waals surface area contributed by atoms with E-state index in [1.54, 1.807) is 12.1 Å². The zero-order valence-corrected chi connectivity index (χ0v) is 12.3. The molecule has 3 atom stereocenters. The molecule has 1 saturated carbocycles. The minimum absolute atomic E-state index is 0.0400. The Hall–Kier alpha value is -1.46. The van der Waals surface area contributed by atoms with Crippen LogP contribution in [0.5, 0.6) is 0 Å². The smallest absolute Gasteiger partial charge is 0.225 e. The number of rotatable bonds is 6. The van der Waals surface area contributed by atoms with Gasteiger partial charge in [0.25, 0.3) is 0 Å². The third-order valence-corrected chi connectivity index (χ3v) is 3.97. The molecule has 0 heterocycles. The predicted octanol–water partition coefficient (Wildman–Crippen LogP) is 2.29. The van der Waals surface area contributed by atoms with Gasteiger partial charge < -0.3 is 15.7 Å². The van der Waals surface area contributed by atoms with Crippen molar-refractivity contribution in [3.8, 4) is 0 Å². The number of benzene rings is 1. The lowest BCUT2D eigenvalue weighted by atomic mass is 10.1. The van der Waals surface area contributed by atoms with Gasteiger partial charge in [-0.25, -0.2) is 4.39 Å². The molecule has 1 fully saturated rings. The number of carbonyl (C=O) groups is 1. The van der Waals surface area contributed by atoms with Gasteiger partial charge in [0.2, 0.25) is 5.91 Å². The van der Waals surface area contributed by atoms with Crippen molar-refractivity contribution in [2.24, 2.45) is 5.92 Å². The van der Waals surface area contributed by atoms with Gasteiger partial charge >= 0.3 is 0 Å². The number of amides is 1. The summed E-state index contributed by atoms with van der Waals surface area (Å²) in [6.07, 6.45) is 3.14. The van der Waals surface area contributed by atoms with Crippen LogP contribution in [-0.2, 0) is 4.79 Å². The Morgan fingerprint density at radius 3 is 2.71 bits per heavy atom. The maximum absolute atomic E-state index is 12.8. The highest BCUT2D eigenvalue weighted by Crippen LogP contribution is 2.24. The third-order valence-electron chi connectivity index (χ3n) is 3.97. The Morgan fingerprint density at radius 2 is 2.10 bits per heavy atom. The highest BCUT2D eigenvalue weighted by atomic mass is 19.1. The lowest BCUT2D eigenvalue weighted by molar-refractivity contribution is -0.116. The average Bonchev–Trinajstić information content (AvgIpc) is 2.84. The molecule has 21 heavy (non-hydrogen) atoms. The number of aliphatic hydroxyl groups excluding tert-OH is 1. The maximum Gasteiger partial charge on any atom is 0.225 e. The zero-order valence-electron chi connectivity index (χ0n) is 12.3. The molecule has 1 aliphatic rings. The highest BCUT2D eigenvalue weighted by molar-refractivity contribution is 5.91. The summed E-state index contributed by atoms with van der Waals surface area (Å²) < 4.78 is 12.8. The van der Waals surface area contributed by atoms with Crippen LogP contribution in [-0.4, -0.2) is 29.7 Å². The summed E-state index contributed by atoms with van der Waals surface area (Å²) in [4.78, 5) is 11.9. The van der Waals surface area contributed by atoms with E-state index in [9.17, 15) is 14.3 Å². The highest BCUT2D eigenvalue weighted by Gasteiger charge is 2.25. The van der Waals surface area contributed by atoms with Crippen molar-refractivity contribution in [2.45, 2.75) is 44.8 Å². The summed E-state index contributed by atoms with van der Waals surface area (Å²) in [5.41, 5.74) is 0.597. The molecular formula is C16H23FN2O2. The fourth-order valence-electron chi connectivity index (χ4n) is 2.70. The SMILES string of the molecule is CC(CC(=O)Nc1ccc(F)cc1)NCC1CCCC1O. The van der Waals surface area contributed by atoms with Crippen molar-refractivity contribution in [1.82, 2.24) is 5.32 Å². The summed E-state index contributed by atoms with van der Waals surface area (Å²) in [6, 6.07) is 5.76. The fraction of sp³-hybridized carbons (Fsp3) is 0.562. The van der Waals surface area contributed by atoms with Crippen molar-refractivity contribution in [1.29, 1.82) is 0 Å². The van der Waals surface area contributed by atoms with Crippen LogP contribution >= 0.6 is 0 Å². The second kappa shape index (κ2) is 7.52. The van der Waals surface area contributed by atoms with E-state index in [0.29, 0.717) is 18.0 Å². The number of hydrogen-bond donors (Lipinski definition) is 3. The lowest BCUT2D eigenvalue weighted by Crippen LogP contribution is -2.36. The lowest BCUT2D eigenvalue weighted by Gasteiger charge is -2.19. The molecule has 3 N–H and O–H groups in total. The quantitative estimate of drug-likeness (QED) is 0.754. The van der Waals surface area contributed by atoms with E-state index in [2.05, 4.69) is 10.6 Å². The number of carbonyl (C=O) groups excluding carboxylic acids is 1. The molecule has 1 aromatic rings. The van der Waals surface area contributed by atoms with E-state index in [1.165, 1.54) is 12.1 Å². The Labute approximate surface area is 124 Å². The Kier molecular flexibility index (Phi) is 5.70. The second-order valence-corrected chi connectivity index (χ2v) is 5.83. The molecule has 116 valence electrons. The zero-order chi connectivity index (χ0) is 15.2. The largest absolute Gasteiger partial charge is 0.393 e. The Bertz CT molecular complexity index is 464. The number of nitrogens with one attached hydrogen (secondary N) is 2. The second-order valence-electron chi connectivity index (χ2n) is 5.83. The van der Waals surface area contributed by atoms with Gasteiger partial charge in [0, 0.05) is 24.7 Å². The maximum atomic E-state index is 12.8. The van der Waals surface area contributed by atoms with E-state index in [-0.39, 0.29) is 23.9 Å². The van der Waals surface area contributed by atoms with Gasteiger partial charge in [0.1, 0.15) is 5.82 Å². The monoisotopic (exact) mass is 294 g/mol. The average molecular weight is 294 g/mol. The van der Waals surface area contributed by atoms with Gasteiger partial charge in [-0.1, -0.05) is 6.42 Å². The van der Waals surface area contributed by atoms with Crippen molar-refractivity contribution < 1.29 is 14.3 Å². The summed E-state index contributed by atoms with van der Waals surface area (Å²) in [6.45, 7) is 2.69. The van der Waals surface area contributed by atoms with Crippen LogP contribution in [0.1, 0.15) is 32.6 Å². The topological polar surface area (TPSA) is 61.4 Å². The molecule has 1 aromatic carbocycles. The molecule has 0 aliphatic heterocycles. The standard InChI is InChI=1S/C16H23FN2O2/c1-11(18-10-12-3-2-4-15(12)20)9-16(21)19-14-7-5-13(17)6-8-14/h5-8,11-12,15,18,20H,2-4,9-10H2,1H3,(H,19,21). The molecule has 1 amide bonds. The molecule has 5 heteroatoms. The molecule has 2 rings (SSSR count). The number of halogens is 1. The van der Waals surface area contributed by atoms with Crippen molar-refractivity contribution >= 4 is 11.6 Å². The van der Waals surface area contributed by atoms with Crippen molar-refractivity contribution in [3.63, 3.8) is 0 Å². The number of aliphatic hydroxyl groups is 1. The molecule has 0 bridgehead atoms. The van der Waals surface area contributed by atoms with E-state index >= 15 is 0 Å². The summed E-state index contributed by atoms with van der Waals surface area (Å²) in [5, 5.41) is 15.8. The van der Waals surface area contributed by atoms with Gasteiger partial charge in [0.15, 0.2) is 0 Å². The molecule has 3 unspecified atom stereocenters. The summed E-state index contributed by atoms with van der Waals surface area (Å²) >= 11 is 0. The first kappa shape index (κ1) is 15.9. The minimum atomic E-state index is -0.321. The molecule has 0 aromatic heterocycles. The first-order valence-corrected chi connectivity index (χ1v) is 7.51. The van der Waals surface area contributed by atoms with Gasteiger partial charge in [-0.3, -0.25) is 4.79 Å².